The number of benzene rings is 1. The second-order valence-electron chi connectivity index (χ2n) is 5.36. The maximum absolute atomic E-state index is 4.29. The van der Waals surface area contributed by atoms with Gasteiger partial charge in [-0.1, -0.05) is 42.7 Å². The molecule has 3 heteroatoms. The number of nitrogens with zero attached hydrogens (tertiary/aromatic N) is 1. The lowest BCUT2D eigenvalue weighted by atomic mass is 10.1. The number of hydrogen-bond donors (Lipinski definition) is 2. The lowest BCUT2D eigenvalue weighted by molar-refractivity contribution is 0.613. The predicted octanol–water partition coefficient (Wildman–Crippen LogP) is 2.65. The van der Waals surface area contributed by atoms with Gasteiger partial charge in [0, 0.05) is 19.6 Å². The van der Waals surface area contributed by atoms with Crippen molar-refractivity contribution in [2.24, 2.45) is 4.99 Å². The van der Waals surface area contributed by atoms with E-state index in [0.29, 0.717) is 6.04 Å². The Kier molecular flexibility index (Phi) is 5.25. The van der Waals surface area contributed by atoms with E-state index >= 15 is 0 Å². The third-order valence-corrected chi connectivity index (χ3v) is 3.75. The molecular weight excluding hydrogens is 234 g/mol. The SMILES string of the molecule is CN=C(NCCc1ccc(C)cc1)NC1CCCC1. The van der Waals surface area contributed by atoms with Crippen molar-refractivity contribution in [2.75, 3.05) is 13.6 Å². The molecule has 0 saturated heterocycles. The van der Waals surface area contributed by atoms with Gasteiger partial charge in [0.05, 0.1) is 0 Å². The number of nitrogens with one attached hydrogen (secondary N) is 2. The molecule has 0 amide bonds. The predicted molar refractivity (Wildman–Crippen MR) is 81.6 cm³/mol. The Morgan fingerprint density at radius 1 is 1.21 bits per heavy atom. The molecule has 2 N–H and O–H groups in total. The van der Waals surface area contributed by atoms with E-state index in [1.807, 2.05) is 7.05 Å². The quantitative estimate of drug-likeness (QED) is 0.644. The van der Waals surface area contributed by atoms with Gasteiger partial charge in [-0.25, -0.2) is 0 Å². The maximum Gasteiger partial charge on any atom is 0.191 e. The van der Waals surface area contributed by atoms with Crippen LogP contribution in [0.25, 0.3) is 0 Å². The summed E-state index contributed by atoms with van der Waals surface area (Å²) in [6.07, 6.45) is 6.28. The minimum absolute atomic E-state index is 0.616. The van der Waals surface area contributed by atoms with Crippen LogP contribution in [-0.2, 0) is 6.42 Å². The van der Waals surface area contributed by atoms with Crippen LogP contribution in [0.2, 0.25) is 0 Å². The van der Waals surface area contributed by atoms with E-state index < -0.39 is 0 Å². The van der Waals surface area contributed by atoms with Crippen LogP contribution in [0.1, 0.15) is 36.8 Å². The summed E-state index contributed by atoms with van der Waals surface area (Å²) < 4.78 is 0. The van der Waals surface area contributed by atoms with Crippen LogP contribution in [0.15, 0.2) is 29.3 Å². The molecule has 1 saturated carbocycles. The summed E-state index contributed by atoms with van der Waals surface area (Å²) in [5.41, 5.74) is 2.69. The lowest BCUT2D eigenvalue weighted by Crippen LogP contribution is -2.42. The Balaban J connectivity index is 1.72. The van der Waals surface area contributed by atoms with E-state index in [2.05, 4.69) is 46.8 Å². The van der Waals surface area contributed by atoms with Crippen molar-refractivity contribution in [1.29, 1.82) is 0 Å². The van der Waals surface area contributed by atoms with Crippen molar-refractivity contribution < 1.29 is 0 Å². The van der Waals surface area contributed by atoms with Crippen molar-refractivity contribution in [3.8, 4) is 0 Å². The first-order valence-electron chi connectivity index (χ1n) is 7.30. The molecule has 0 spiro atoms. The average molecular weight is 259 g/mol. The standard InChI is InChI=1S/C16H25N3/c1-13-7-9-14(10-8-13)11-12-18-16(17-2)19-15-5-3-4-6-15/h7-10,15H,3-6,11-12H2,1-2H3,(H2,17,18,19). The van der Waals surface area contributed by atoms with Crippen molar-refractivity contribution in [2.45, 2.75) is 45.1 Å². The highest BCUT2D eigenvalue weighted by Crippen LogP contribution is 2.17. The molecule has 104 valence electrons. The summed E-state index contributed by atoms with van der Waals surface area (Å²) in [4.78, 5) is 4.29. The Morgan fingerprint density at radius 3 is 2.53 bits per heavy atom. The first kappa shape index (κ1) is 13.9. The van der Waals surface area contributed by atoms with Crippen LogP contribution in [0, 0.1) is 6.92 Å². The van der Waals surface area contributed by atoms with Gasteiger partial charge in [-0.15, -0.1) is 0 Å². The average Bonchev–Trinajstić information content (AvgIpc) is 2.93. The second kappa shape index (κ2) is 7.17. The first-order valence-corrected chi connectivity index (χ1v) is 7.30. The highest BCUT2D eigenvalue weighted by Gasteiger charge is 2.15. The molecule has 1 aliphatic carbocycles. The van der Waals surface area contributed by atoms with Crippen molar-refractivity contribution in [1.82, 2.24) is 10.6 Å². The van der Waals surface area contributed by atoms with Gasteiger partial charge in [0.25, 0.3) is 0 Å². The van der Waals surface area contributed by atoms with Crippen LogP contribution in [0.3, 0.4) is 0 Å². The normalized spacial score (nSPS) is 16.6. The highest BCUT2D eigenvalue weighted by atomic mass is 15.2. The summed E-state index contributed by atoms with van der Waals surface area (Å²) in [5, 5.41) is 6.90. The fourth-order valence-corrected chi connectivity index (χ4v) is 2.54. The number of rotatable bonds is 4. The molecule has 1 aliphatic rings. The van der Waals surface area contributed by atoms with E-state index in [4.69, 9.17) is 0 Å². The molecule has 19 heavy (non-hydrogen) atoms. The molecule has 3 nitrogen and oxygen atoms in total. The van der Waals surface area contributed by atoms with E-state index in [1.54, 1.807) is 0 Å². The Bertz CT molecular complexity index is 403. The first-order chi connectivity index (χ1) is 9.28. The van der Waals surface area contributed by atoms with Gasteiger partial charge in [-0.05, 0) is 31.7 Å². The Hall–Kier alpha value is -1.51. The van der Waals surface area contributed by atoms with Crippen molar-refractivity contribution in [3.05, 3.63) is 35.4 Å². The molecule has 1 fully saturated rings. The fraction of sp³-hybridized carbons (Fsp3) is 0.562. The van der Waals surface area contributed by atoms with Crippen LogP contribution in [0.5, 0.6) is 0 Å². The van der Waals surface area contributed by atoms with Gasteiger partial charge in [0.1, 0.15) is 0 Å². The van der Waals surface area contributed by atoms with Gasteiger partial charge < -0.3 is 10.6 Å². The Labute approximate surface area is 116 Å². The minimum atomic E-state index is 0.616. The summed E-state index contributed by atoms with van der Waals surface area (Å²) >= 11 is 0. The number of aliphatic imine (C=N–C) groups is 1. The summed E-state index contributed by atoms with van der Waals surface area (Å²) in [5.74, 6) is 0.944. The molecule has 0 radical (unpaired) electrons. The van der Waals surface area contributed by atoms with Crippen LogP contribution < -0.4 is 10.6 Å². The zero-order valence-corrected chi connectivity index (χ0v) is 12.1. The highest BCUT2D eigenvalue weighted by molar-refractivity contribution is 5.79. The smallest absolute Gasteiger partial charge is 0.191 e. The van der Waals surface area contributed by atoms with E-state index in [-0.39, 0.29) is 0 Å². The second-order valence-corrected chi connectivity index (χ2v) is 5.36. The van der Waals surface area contributed by atoms with Crippen molar-refractivity contribution in [3.63, 3.8) is 0 Å². The molecule has 0 heterocycles. The summed E-state index contributed by atoms with van der Waals surface area (Å²) in [6.45, 7) is 3.05. The minimum Gasteiger partial charge on any atom is -0.356 e. The number of guanidine groups is 1. The summed E-state index contributed by atoms with van der Waals surface area (Å²) in [7, 11) is 1.84. The topological polar surface area (TPSA) is 36.4 Å². The fourth-order valence-electron chi connectivity index (χ4n) is 2.54. The van der Waals surface area contributed by atoms with E-state index in [0.717, 1.165) is 18.9 Å². The molecule has 0 aromatic heterocycles. The molecule has 1 aromatic rings. The van der Waals surface area contributed by atoms with Gasteiger partial charge >= 0.3 is 0 Å². The van der Waals surface area contributed by atoms with Crippen LogP contribution in [0.4, 0.5) is 0 Å². The van der Waals surface area contributed by atoms with Gasteiger partial charge in [0.2, 0.25) is 0 Å². The third kappa shape index (κ3) is 4.58. The van der Waals surface area contributed by atoms with E-state index in [9.17, 15) is 0 Å². The molecule has 0 bridgehead atoms. The molecular formula is C16H25N3. The maximum atomic E-state index is 4.29. The van der Waals surface area contributed by atoms with Crippen molar-refractivity contribution >= 4 is 5.96 Å². The molecule has 0 aliphatic heterocycles. The molecule has 1 aromatic carbocycles. The zero-order chi connectivity index (χ0) is 13.5. The molecule has 2 rings (SSSR count). The summed E-state index contributed by atoms with van der Waals surface area (Å²) in [6, 6.07) is 9.35. The molecule has 0 unspecified atom stereocenters. The largest absolute Gasteiger partial charge is 0.356 e. The number of hydrogen-bond acceptors (Lipinski definition) is 1. The van der Waals surface area contributed by atoms with Crippen LogP contribution >= 0.6 is 0 Å². The Morgan fingerprint density at radius 2 is 1.89 bits per heavy atom. The molecule has 0 atom stereocenters. The van der Waals surface area contributed by atoms with Gasteiger partial charge in [-0.2, -0.15) is 0 Å². The van der Waals surface area contributed by atoms with Gasteiger partial charge in [-0.3, -0.25) is 4.99 Å². The number of aryl methyl sites for hydroxylation is 1. The zero-order valence-electron chi connectivity index (χ0n) is 12.1. The monoisotopic (exact) mass is 259 g/mol. The third-order valence-electron chi connectivity index (χ3n) is 3.75. The van der Waals surface area contributed by atoms with E-state index in [1.165, 1.54) is 36.8 Å². The van der Waals surface area contributed by atoms with Gasteiger partial charge in [0.15, 0.2) is 5.96 Å². The van der Waals surface area contributed by atoms with Crippen LogP contribution in [-0.4, -0.2) is 25.6 Å². The lowest BCUT2D eigenvalue weighted by Gasteiger charge is -2.16.